The first-order valence-corrected chi connectivity index (χ1v) is 4.60. The van der Waals surface area contributed by atoms with Gasteiger partial charge in [0.15, 0.2) is 0 Å². The van der Waals surface area contributed by atoms with Gasteiger partial charge in [-0.1, -0.05) is 11.6 Å². The van der Waals surface area contributed by atoms with Gasteiger partial charge in [-0.15, -0.1) is 0 Å². The molecule has 1 aromatic heterocycles. The predicted octanol–water partition coefficient (Wildman–Crippen LogP) is 1.39. The van der Waals surface area contributed by atoms with E-state index in [0.29, 0.717) is 10.8 Å². The molecule has 0 bridgehead atoms. The summed E-state index contributed by atoms with van der Waals surface area (Å²) in [5.74, 6) is -0.00977. The molecule has 0 spiro atoms. The van der Waals surface area contributed by atoms with Crippen molar-refractivity contribution < 1.29 is 4.79 Å². The third-order valence-electron chi connectivity index (χ3n) is 1.24. The van der Waals surface area contributed by atoms with E-state index in [0.717, 1.165) is 4.47 Å². The third-order valence-corrected chi connectivity index (χ3v) is 1.96. The van der Waals surface area contributed by atoms with E-state index >= 15 is 0 Å². The summed E-state index contributed by atoms with van der Waals surface area (Å²) in [4.78, 5) is 14.4. The Balaban J connectivity index is 2.72. The van der Waals surface area contributed by atoms with E-state index in [-0.39, 0.29) is 6.54 Å². The number of nitrogens with one attached hydrogen (secondary N) is 1. The first-order valence-electron chi connectivity index (χ1n) is 3.43. The minimum Gasteiger partial charge on any atom is -0.368 e. The molecule has 0 saturated heterocycles. The Kier molecular flexibility index (Phi) is 3.50. The number of primary amides is 1. The zero-order valence-electron chi connectivity index (χ0n) is 6.55. The van der Waals surface area contributed by atoms with Crippen LogP contribution in [0.4, 0.5) is 5.82 Å². The van der Waals surface area contributed by atoms with Crippen molar-refractivity contribution >= 4 is 39.3 Å². The van der Waals surface area contributed by atoms with E-state index in [1.165, 1.54) is 0 Å². The summed E-state index contributed by atoms with van der Waals surface area (Å²) in [6.07, 6.45) is 1.58. The number of carbonyl (C=O) groups is 1. The van der Waals surface area contributed by atoms with Crippen molar-refractivity contribution in [2.45, 2.75) is 0 Å². The van der Waals surface area contributed by atoms with Gasteiger partial charge in [0, 0.05) is 10.7 Å². The minimum absolute atomic E-state index is 0.0222. The number of halogens is 2. The average Bonchev–Trinajstić information content (AvgIpc) is 2.02. The van der Waals surface area contributed by atoms with Crippen molar-refractivity contribution in [3.8, 4) is 0 Å². The molecule has 1 heterocycles. The van der Waals surface area contributed by atoms with E-state index in [4.69, 9.17) is 17.3 Å². The van der Waals surface area contributed by atoms with Crippen LogP contribution in [0.2, 0.25) is 5.02 Å². The van der Waals surface area contributed by atoms with E-state index in [9.17, 15) is 4.79 Å². The van der Waals surface area contributed by atoms with Gasteiger partial charge < -0.3 is 11.1 Å². The summed E-state index contributed by atoms with van der Waals surface area (Å²) in [6, 6.07) is 1.68. The minimum atomic E-state index is -0.458. The number of amides is 1. The molecule has 0 unspecified atom stereocenters. The first kappa shape index (κ1) is 10.3. The topological polar surface area (TPSA) is 68.0 Å². The molecule has 1 amide bonds. The van der Waals surface area contributed by atoms with E-state index in [1.54, 1.807) is 12.3 Å². The summed E-state index contributed by atoms with van der Waals surface area (Å²) in [6.45, 7) is 0.0222. The van der Waals surface area contributed by atoms with Crippen LogP contribution in [0.5, 0.6) is 0 Å². The number of aromatic nitrogens is 1. The Hall–Kier alpha value is -0.810. The van der Waals surface area contributed by atoms with Gasteiger partial charge in [-0.05, 0) is 22.0 Å². The fraction of sp³-hybridized carbons (Fsp3) is 0.143. The summed E-state index contributed by atoms with van der Waals surface area (Å²) in [5, 5.41) is 3.14. The Morgan fingerprint density at radius 1 is 1.77 bits per heavy atom. The van der Waals surface area contributed by atoms with Crippen LogP contribution in [-0.2, 0) is 4.79 Å². The van der Waals surface area contributed by atoms with Gasteiger partial charge in [0.05, 0.1) is 11.6 Å². The summed E-state index contributed by atoms with van der Waals surface area (Å²) in [7, 11) is 0. The second kappa shape index (κ2) is 4.43. The molecule has 0 fully saturated rings. The molecule has 1 rings (SSSR count). The number of rotatable bonds is 3. The third kappa shape index (κ3) is 3.20. The predicted molar refractivity (Wildman–Crippen MR) is 54.6 cm³/mol. The average molecular weight is 265 g/mol. The van der Waals surface area contributed by atoms with Gasteiger partial charge in [-0.2, -0.15) is 0 Å². The maximum atomic E-state index is 10.4. The molecule has 1 aromatic rings. The molecule has 3 N–H and O–H groups in total. The van der Waals surface area contributed by atoms with Gasteiger partial charge in [0.25, 0.3) is 0 Å². The molecular weight excluding hydrogens is 257 g/mol. The molecule has 0 aliphatic heterocycles. The maximum absolute atomic E-state index is 10.4. The lowest BCUT2D eigenvalue weighted by Gasteiger charge is -2.04. The first-order chi connectivity index (χ1) is 6.09. The molecular formula is C7H7BrClN3O. The Morgan fingerprint density at radius 3 is 3.00 bits per heavy atom. The van der Waals surface area contributed by atoms with Crippen LogP contribution >= 0.6 is 27.5 Å². The van der Waals surface area contributed by atoms with E-state index in [2.05, 4.69) is 26.2 Å². The van der Waals surface area contributed by atoms with Gasteiger partial charge in [0.2, 0.25) is 5.91 Å². The Labute approximate surface area is 88.6 Å². The van der Waals surface area contributed by atoms with Gasteiger partial charge in [-0.3, -0.25) is 4.79 Å². The number of nitrogens with two attached hydrogens (primary N) is 1. The van der Waals surface area contributed by atoms with E-state index in [1.807, 2.05) is 0 Å². The second-order valence-electron chi connectivity index (χ2n) is 2.30. The molecule has 0 radical (unpaired) electrons. The fourth-order valence-corrected chi connectivity index (χ4v) is 1.41. The smallest absolute Gasteiger partial charge is 0.236 e. The Morgan fingerprint density at radius 2 is 2.46 bits per heavy atom. The highest BCUT2D eigenvalue weighted by atomic mass is 79.9. The summed E-state index contributed by atoms with van der Waals surface area (Å²) >= 11 is 9.02. The van der Waals surface area contributed by atoms with Gasteiger partial charge >= 0.3 is 0 Å². The van der Waals surface area contributed by atoms with Crippen LogP contribution in [0, 0.1) is 0 Å². The maximum Gasteiger partial charge on any atom is 0.236 e. The molecule has 6 heteroatoms. The fourth-order valence-electron chi connectivity index (χ4n) is 0.715. The zero-order valence-corrected chi connectivity index (χ0v) is 8.89. The van der Waals surface area contributed by atoms with Gasteiger partial charge in [-0.25, -0.2) is 4.98 Å². The Bertz CT molecular complexity index is 332. The molecule has 0 atom stereocenters. The monoisotopic (exact) mass is 263 g/mol. The van der Waals surface area contributed by atoms with Crippen LogP contribution in [0.25, 0.3) is 0 Å². The lowest BCUT2D eigenvalue weighted by atomic mass is 10.4. The molecule has 0 saturated carbocycles. The summed E-state index contributed by atoms with van der Waals surface area (Å²) in [5.41, 5.74) is 4.94. The quantitative estimate of drug-likeness (QED) is 0.867. The van der Waals surface area contributed by atoms with Crippen LogP contribution in [0.1, 0.15) is 0 Å². The van der Waals surface area contributed by atoms with Crippen molar-refractivity contribution in [2.75, 3.05) is 11.9 Å². The molecule has 0 aromatic carbocycles. The van der Waals surface area contributed by atoms with Crippen LogP contribution in [-0.4, -0.2) is 17.4 Å². The van der Waals surface area contributed by atoms with Crippen molar-refractivity contribution in [1.82, 2.24) is 4.98 Å². The molecule has 70 valence electrons. The van der Waals surface area contributed by atoms with E-state index < -0.39 is 5.91 Å². The number of anilines is 1. The number of carbonyl (C=O) groups excluding carboxylic acids is 1. The number of hydrogen-bond donors (Lipinski definition) is 2. The zero-order chi connectivity index (χ0) is 9.84. The normalized spacial score (nSPS) is 9.69. The number of pyridine rings is 1. The van der Waals surface area contributed by atoms with Crippen molar-refractivity contribution in [2.24, 2.45) is 5.73 Å². The number of nitrogens with zero attached hydrogens (tertiary/aromatic N) is 1. The lowest BCUT2D eigenvalue weighted by molar-refractivity contribution is -0.116. The molecule has 13 heavy (non-hydrogen) atoms. The lowest BCUT2D eigenvalue weighted by Crippen LogP contribution is -2.22. The summed E-state index contributed by atoms with van der Waals surface area (Å²) < 4.78 is 0.780. The van der Waals surface area contributed by atoms with Crippen molar-refractivity contribution in [3.05, 3.63) is 21.8 Å². The van der Waals surface area contributed by atoms with Crippen LogP contribution < -0.4 is 11.1 Å². The molecule has 0 aliphatic carbocycles. The molecule has 4 nitrogen and oxygen atoms in total. The van der Waals surface area contributed by atoms with Crippen molar-refractivity contribution in [3.63, 3.8) is 0 Å². The highest BCUT2D eigenvalue weighted by Crippen LogP contribution is 2.22. The van der Waals surface area contributed by atoms with Crippen molar-refractivity contribution in [1.29, 1.82) is 0 Å². The highest BCUT2D eigenvalue weighted by Gasteiger charge is 2.02. The second-order valence-corrected chi connectivity index (χ2v) is 3.63. The molecule has 0 aliphatic rings. The van der Waals surface area contributed by atoms with Crippen LogP contribution in [0.3, 0.4) is 0 Å². The highest BCUT2D eigenvalue weighted by molar-refractivity contribution is 9.10. The standard InChI is InChI=1S/C7H7BrClN3O/c8-4-1-5(9)7(11-2-4)12-3-6(10)13/h1-2H,3H2,(H2,10,13)(H,11,12). The largest absolute Gasteiger partial charge is 0.368 e. The van der Waals surface area contributed by atoms with Gasteiger partial charge in [0.1, 0.15) is 5.82 Å². The van der Waals surface area contributed by atoms with Crippen LogP contribution in [0.15, 0.2) is 16.7 Å². The SMILES string of the molecule is NC(=O)CNc1ncc(Br)cc1Cl. The number of hydrogen-bond acceptors (Lipinski definition) is 3.